The van der Waals surface area contributed by atoms with Gasteiger partial charge in [0.25, 0.3) is 0 Å². The molecule has 71 heavy (non-hydrogen) atoms. The fourth-order valence-corrected chi connectivity index (χ4v) is 8.55. The summed E-state index contributed by atoms with van der Waals surface area (Å²) < 4.78 is 64.0. The fraction of sp³-hybridized carbons (Fsp3) is 0.562. The molecular weight excluding hydrogens is 941 g/mol. The second-order valence-electron chi connectivity index (χ2n) is 17.8. The summed E-state index contributed by atoms with van der Waals surface area (Å²) in [7, 11) is 0. The lowest BCUT2D eigenvalue weighted by molar-refractivity contribution is -0.339. The van der Waals surface area contributed by atoms with E-state index in [4.69, 9.17) is 52.1 Å². The van der Waals surface area contributed by atoms with Crippen LogP contribution in [0.25, 0.3) is 11.1 Å². The summed E-state index contributed by atoms with van der Waals surface area (Å²) >= 11 is 0. The Morgan fingerprint density at radius 2 is 1.07 bits per heavy atom. The van der Waals surface area contributed by atoms with Gasteiger partial charge in [0.05, 0.1) is 6.61 Å². The number of benzene rings is 2. The average molecular weight is 1000 g/mol. The van der Waals surface area contributed by atoms with Crippen molar-refractivity contribution in [2.75, 3.05) is 26.4 Å². The molecule has 3 aliphatic rings. The highest BCUT2D eigenvalue weighted by Crippen LogP contribution is 2.45. The second-order valence-corrected chi connectivity index (χ2v) is 17.8. The van der Waals surface area contributed by atoms with Crippen molar-refractivity contribution in [3.05, 3.63) is 59.7 Å². The van der Waals surface area contributed by atoms with Gasteiger partial charge in [-0.05, 0) is 43.0 Å². The SMILES string of the molecule is CC(=O)N[C@@H]1[C@@H](O[C@@H]2O[C@H](COC(C)=O)[C@H](OC(C)=O)[C@H](OC(C)=O)[C@H]2OC(C)=O)[C@@H](OC(C)=O)[C@@H](COC(C)=O)O[C@@H]1N(C(=O)OCC1c2ccccc2-c2ccccc21)[C@@H](CO)C(=O)OC(C)(C)C. The van der Waals surface area contributed by atoms with Gasteiger partial charge < -0.3 is 62.5 Å². The van der Waals surface area contributed by atoms with E-state index in [1.54, 1.807) is 0 Å². The van der Waals surface area contributed by atoms with Crippen LogP contribution in [0.5, 0.6) is 0 Å². The predicted octanol–water partition coefficient (Wildman–Crippen LogP) is 2.13. The molecule has 0 spiro atoms. The van der Waals surface area contributed by atoms with Gasteiger partial charge >= 0.3 is 47.9 Å². The summed E-state index contributed by atoms with van der Waals surface area (Å²) in [5.74, 6) is -8.14. The molecule has 0 saturated carbocycles. The number of rotatable bonds is 17. The maximum atomic E-state index is 15.0. The van der Waals surface area contributed by atoms with E-state index >= 15 is 4.79 Å². The summed E-state index contributed by atoms with van der Waals surface area (Å²) in [6, 6.07) is 11.1. The van der Waals surface area contributed by atoms with E-state index in [2.05, 4.69) is 5.32 Å². The van der Waals surface area contributed by atoms with Gasteiger partial charge in [-0.15, -0.1) is 0 Å². The first-order chi connectivity index (χ1) is 33.4. The highest BCUT2D eigenvalue weighted by molar-refractivity contribution is 5.83. The molecule has 23 nitrogen and oxygen atoms in total. The molecule has 0 aromatic heterocycles. The molecule has 1 aliphatic carbocycles. The third-order valence-electron chi connectivity index (χ3n) is 11.0. The number of aliphatic hydroxyl groups is 1. The Labute approximate surface area is 408 Å². The maximum absolute atomic E-state index is 15.0. The van der Waals surface area contributed by atoms with Gasteiger partial charge in [-0.2, -0.15) is 0 Å². The minimum atomic E-state index is -2.03. The third-order valence-corrected chi connectivity index (χ3v) is 11.0. The largest absolute Gasteiger partial charge is 0.463 e. The molecule has 23 heteroatoms. The van der Waals surface area contributed by atoms with Crippen LogP contribution in [0.3, 0.4) is 0 Å². The van der Waals surface area contributed by atoms with Crippen LogP contribution < -0.4 is 5.32 Å². The van der Waals surface area contributed by atoms with Crippen LogP contribution in [0.4, 0.5) is 4.79 Å². The average Bonchev–Trinajstić information content (AvgIpc) is 3.58. The van der Waals surface area contributed by atoms with Crippen molar-refractivity contribution in [3.8, 4) is 11.1 Å². The topological polar surface area (TPSA) is 291 Å². The number of carbonyl (C=O) groups is 9. The highest BCUT2D eigenvalue weighted by Gasteiger charge is 2.59. The van der Waals surface area contributed by atoms with Crippen molar-refractivity contribution in [1.82, 2.24) is 10.2 Å². The van der Waals surface area contributed by atoms with Gasteiger partial charge in [-0.3, -0.25) is 38.5 Å². The van der Waals surface area contributed by atoms with Crippen LogP contribution in [0, 0.1) is 0 Å². The Balaban J connectivity index is 1.71. The van der Waals surface area contributed by atoms with E-state index in [-0.39, 0.29) is 6.61 Å². The summed E-state index contributed by atoms with van der Waals surface area (Å²) in [6.45, 7) is 8.84. The standard InChI is InChI=1S/C48H60N2O21/c1-23(52)49-38-41(70-46-43(67-29(7)58)42(66-28(6)57)40(65-27(5)56)37(69-46)22-62-25(3)54)39(64-26(4)55)36(21-61-24(2)53)68-44(38)50(35(19-51)45(59)71-48(8,9)10)47(60)63-20-34-32-17-13-11-15-30(32)31-16-12-14-18-33(31)34/h11-18,34-44,46,51H,19-22H2,1-10H3,(H,49,52)/t35-,36+,37+,38+,39-,40-,41+,42-,43+,44-,46-/m0/s1. The Kier molecular flexibility index (Phi) is 18.6. The zero-order chi connectivity index (χ0) is 52.5. The lowest BCUT2D eigenvalue weighted by Gasteiger charge is -2.51. The molecule has 2 fully saturated rings. The number of aliphatic hydroxyl groups excluding tert-OH is 1. The van der Waals surface area contributed by atoms with Gasteiger partial charge in [-0.25, -0.2) is 9.59 Å². The number of amides is 2. The van der Waals surface area contributed by atoms with E-state index in [1.165, 1.54) is 20.8 Å². The molecule has 2 amide bonds. The molecule has 2 saturated heterocycles. The summed E-state index contributed by atoms with van der Waals surface area (Å²) in [5, 5.41) is 13.7. The molecule has 2 aromatic rings. The van der Waals surface area contributed by atoms with E-state index in [0.717, 1.165) is 70.7 Å². The molecule has 2 aromatic carbocycles. The molecular formula is C48H60N2O21. The number of hydrogen-bond acceptors (Lipinski definition) is 21. The van der Waals surface area contributed by atoms with E-state index in [9.17, 15) is 43.5 Å². The van der Waals surface area contributed by atoms with E-state index in [0.29, 0.717) is 4.90 Å². The van der Waals surface area contributed by atoms with Gasteiger partial charge in [0.2, 0.25) is 5.91 Å². The van der Waals surface area contributed by atoms with Gasteiger partial charge in [0, 0.05) is 54.4 Å². The number of nitrogens with one attached hydrogen (secondary N) is 1. The lowest BCUT2D eigenvalue weighted by atomic mass is 9.93. The zero-order valence-electron chi connectivity index (χ0n) is 40.9. The molecule has 0 bridgehead atoms. The number of fused-ring (bicyclic) bond motifs is 3. The normalized spacial score (nSPS) is 25.1. The molecule has 2 N–H and O–H groups in total. The molecule has 388 valence electrons. The van der Waals surface area contributed by atoms with E-state index in [1.807, 2.05) is 48.5 Å². The Bertz CT molecular complexity index is 2270. The second kappa shape index (κ2) is 23.9. The lowest BCUT2D eigenvalue weighted by Crippen LogP contribution is -2.73. The van der Waals surface area contributed by atoms with Crippen molar-refractivity contribution < 1.29 is 100 Å². The molecule has 0 radical (unpaired) electrons. The highest BCUT2D eigenvalue weighted by atomic mass is 16.7. The van der Waals surface area contributed by atoms with Crippen molar-refractivity contribution in [2.45, 2.75) is 148 Å². The Morgan fingerprint density at radius 1 is 0.606 bits per heavy atom. The van der Waals surface area contributed by atoms with Gasteiger partial charge in [0.15, 0.2) is 43.0 Å². The number of carbonyl (C=O) groups excluding carboxylic acids is 9. The zero-order valence-corrected chi connectivity index (χ0v) is 40.9. The minimum absolute atomic E-state index is 0.342. The van der Waals surface area contributed by atoms with Crippen LogP contribution in [-0.2, 0) is 90.5 Å². The van der Waals surface area contributed by atoms with Gasteiger partial charge in [0.1, 0.15) is 49.8 Å². The number of esters is 7. The first-order valence-electron chi connectivity index (χ1n) is 22.6. The van der Waals surface area contributed by atoms with Crippen molar-refractivity contribution in [1.29, 1.82) is 0 Å². The smallest absolute Gasteiger partial charge is 0.412 e. The monoisotopic (exact) mass is 1000 g/mol. The third kappa shape index (κ3) is 14.2. The number of ether oxygens (including phenoxy) is 11. The minimum Gasteiger partial charge on any atom is -0.463 e. The van der Waals surface area contributed by atoms with Gasteiger partial charge in [-0.1, -0.05) is 48.5 Å². The van der Waals surface area contributed by atoms with Crippen LogP contribution in [0.2, 0.25) is 0 Å². The Hall–Kier alpha value is -6.69. The van der Waals surface area contributed by atoms with Crippen LogP contribution in [0.15, 0.2) is 48.5 Å². The Morgan fingerprint density at radius 3 is 1.54 bits per heavy atom. The predicted molar refractivity (Wildman–Crippen MR) is 239 cm³/mol. The number of hydrogen-bond donors (Lipinski definition) is 2. The van der Waals surface area contributed by atoms with Crippen molar-refractivity contribution in [2.24, 2.45) is 0 Å². The quantitative estimate of drug-likeness (QED) is 0.169. The molecule has 2 heterocycles. The number of nitrogens with zero attached hydrogens (tertiary/aromatic N) is 1. The molecule has 11 atom stereocenters. The van der Waals surface area contributed by atoms with E-state index < -0.39 is 152 Å². The maximum Gasteiger partial charge on any atom is 0.412 e. The fourth-order valence-electron chi connectivity index (χ4n) is 8.55. The van der Waals surface area contributed by atoms with Crippen molar-refractivity contribution in [3.63, 3.8) is 0 Å². The molecule has 5 rings (SSSR count). The molecule has 0 unspecified atom stereocenters. The van der Waals surface area contributed by atoms with Crippen molar-refractivity contribution >= 4 is 53.8 Å². The van der Waals surface area contributed by atoms with Crippen LogP contribution in [0.1, 0.15) is 86.3 Å². The first kappa shape index (κ1) is 55.2. The summed E-state index contributed by atoms with van der Waals surface area (Å²) in [5.41, 5.74) is 2.19. The van der Waals surface area contributed by atoms with Crippen LogP contribution >= 0.6 is 0 Å². The first-order valence-corrected chi connectivity index (χ1v) is 22.6. The summed E-state index contributed by atoms with van der Waals surface area (Å²) in [6.07, 6.45) is -17.6. The molecule has 2 aliphatic heterocycles. The van der Waals surface area contributed by atoms with Crippen LogP contribution in [-0.4, -0.2) is 163 Å². The summed E-state index contributed by atoms with van der Waals surface area (Å²) in [4.78, 5) is 119.